The third-order valence-corrected chi connectivity index (χ3v) is 6.39. The van der Waals surface area contributed by atoms with Crippen LogP contribution in [0.2, 0.25) is 0 Å². The van der Waals surface area contributed by atoms with Crippen molar-refractivity contribution >= 4 is 15.9 Å². The Balaban J connectivity index is 1.93. The lowest BCUT2D eigenvalue weighted by atomic mass is 10.3. The van der Waals surface area contributed by atoms with Crippen molar-refractivity contribution in [1.29, 1.82) is 0 Å². The van der Waals surface area contributed by atoms with Gasteiger partial charge in [-0.3, -0.25) is 9.69 Å². The molecule has 0 bridgehead atoms. The summed E-state index contributed by atoms with van der Waals surface area (Å²) < 4.78 is 39.6. The molecular formula is C18H28FN3O3S. The van der Waals surface area contributed by atoms with Crippen LogP contribution in [-0.2, 0) is 14.8 Å². The standard InChI is InChI=1S/C18H28FN3O3S/c1-3-9-20(10-4-2)15-18(23)21-11-13-22(14-12-21)26(24,25)17-7-5-16(19)6-8-17/h5-8H,3-4,9-15H2,1-2H3. The molecule has 0 unspecified atom stereocenters. The Morgan fingerprint density at radius 1 is 1.04 bits per heavy atom. The predicted octanol–water partition coefficient (Wildman–Crippen LogP) is 1.78. The third-order valence-electron chi connectivity index (χ3n) is 4.48. The molecule has 0 spiro atoms. The van der Waals surface area contributed by atoms with E-state index in [0.717, 1.165) is 38.1 Å². The van der Waals surface area contributed by atoms with Crippen molar-refractivity contribution in [1.82, 2.24) is 14.1 Å². The van der Waals surface area contributed by atoms with Crippen LogP contribution >= 0.6 is 0 Å². The molecule has 1 aromatic carbocycles. The molecule has 2 rings (SSSR count). The molecule has 0 N–H and O–H groups in total. The minimum absolute atomic E-state index is 0.0470. The van der Waals surface area contributed by atoms with Crippen molar-refractivity contribution in [2.24, 2.45) is 0 Å². The summed E-state index contributed by atoms with van der Waals surface area (Å²) in [6, 6.07) is 4.83. The van der Waals surface area contributed by atoms with Gasteiger partial charge in [0.2, 0.25) is 15.9 Å². The van der Waals surface area contributed by atoms with Crippen molar-refractivity contribution in [2.45, 2.75) is 31.6 Å². The number of amides is 1. The highest BCUT2D eigenvalue weighted by Crippen LogP contribution is 2.18. The molecule has 0 aliphatic carbocycles. The summed E-state index contributed by atoms with van der Waals surface area (Å²) in [7, 11) is -3.65. The Hall–Kier alpha value is -1.51. The van der Waals surface area contributed by atoms with E-state index in [4.69, 9.17) is 0 Å². The molecule has 1 fully saturated rings. The van der Waals surface area contributed by atoms with Gasteiger partial charge in [0.25, 0.3) is 0 Å². The summed E-state index contributed by atoms with van der Waals surface area (Å²) in [5, 5.41) is 0. The zero-order chi connectivity index (χ0) is 19.2. The zero-order valence-electron chi connectivity index (χ0n) is 15.5. The molecule has 1 heterocycles. The lowest BCUT2D eigenvalue weighted by Crippen LogP contribution is -2.52. The van der Waals surface area contributed by atoms with Crippen LogP contribution < -0.4 is 0 Å². The summed E-state index contributed by atoms with van der Waals surface area (Å²) in [5.41, 5.74) is 0. The number of halogens is 1. The molecule has 0 radical (unpaired) electrons. The van der Waals surface area contributed by atoms with Crippen LogP contribution in [0.1, 0.15) is 26.7 Å². The maximum atomic E-state index is 13.0. The number of hydrogen-bond acceptors (Lipinski definition) is 4. The molecule has 1 aliphatic rings. The minimum Gasteiger partial charge on any atom is -0.339 e. The highest BCUT2D eigenvalue weighted by molar-refractivity contribution is 7.89. The molecule has 146 valence electrons. The number of hydrogen-bond donors (Lipinski definition) is 0. The SMILES string of the molecule is CCCN(CCC)CC(=O)N1CCN(S(=O)(=O)c2ccc(F)cc2)CC1. The largest absolute Gasteiger partial charge is 0.339 e. The van der Waals surface area contributed by atoms with Gasteiger partial charge >= 0.3 is 0 Å². The van der Waals surface area contributed by atoms with Crippen molar-refractivity contribution in [3.63, 3.8) is 0 Å². The lowest BCUT2D eigenvalue weighted by Gasteiger charge is -2.35. The molecule has 0 aromatic heterocycles. The molecule has 1 aliphatic heterocycles. The van der Waals surface area contributed by atoms with Gasteiger partial charge in [0.1, 0.15) is 5.82 Å². The topological polar surface area (TPSA) is 60.9 Å². The van der Waals surface area contributed by atoms with E-state index in [1.54, 1.807) is 4.90 Å². The lowest BCUT2D eigenvalue weighted by molar-refractivity contribution is -0.133. The first kappa shape index (κ1) is 20.8. The fraction of sp³-hybridized carbons (Fsp3) is 0.611. The quantitative estimate of drug-likeness (QED) is 0.684. The number of carbonyl (C=O) groups excluding carboxylic acids is 1. The van der Waals surface area contributed by atoms with Gasteiger partial charge in [0, 0.05) is 26.2 Å². The fourth-order valence-electron chi connectivity index (χ4n) is 3.13. The van der Waals surface area contributed by atoms with Gasteiger partial charge in [-0.2, -0.15) is 4.31 Å². The summed E-state index contributed by atoms with van der Waals surface area (Å²) in [5.74, 6) is -0.422. The van der Waals surface area contributed by atoms with Gasteiger partial charge in [0.05, 0.1) is 11.4 Å². The molecule has 0 atom stereocenters. The van der Waals surface area contributed by atoms with Crippen LogP contribution in [0, 0.1) is 5.82 Å². The van der Waals surface area contributed by atoms with E-state index in [-0.39, 0.29) is 23.9 Å². The van der Waals surface area contributed by atoms with Crippen LogP contribution in [-0.4, -0.2) is 74.2 Å². The number of sulfonamides is 1. The fourth-order valence-corrected chi connectivity index (χ4v) is 4.55. The summed E-state index contributed by atoms with van der Waals surface area (Å²) in [6.45, 7) is 7.61. The number of rotatable bonds is 8. The van der Waals surface area contributed by atoms with Gasteiger partial charge in [0.15, 0.2) is 0 Å². The molecule has 6 nitrogen and oxygen atoms in total. The second kappa shape index (κ2) is 9.43. The Kier molecular flexibility index (Phi) is 7.55. The van der Waals surface area contributed by atoms with Crippen LogP contribution in [0.3, 0.4) is 0 Å². The first-order chi connectivity index (χ1) is 12.4. The molecule has 0 saturated carbocycles. The average molecular weight is 386 g/mol. The van der Waals surface area contributed by atoms with Crippen LogP contribution in [0.15, 0.2) is 29.2 Å². The van der Waals surface area contributed by atoms with E-state index in [1.165, 1.54) is 16.4 Å². The second-order valence-electron chi connectivity index (χ2n) is 6.51. The number of nitrogens with zero attached hydrogens (tertiary/aromatic N) is 3. The second-order valence-corrected chi connectivity index (χ2v) is 8.45. The average Bonchev–Trinajstić information content (AvgIpc) is 2.62. The predicted molar refractivity (Wildman–Crippen MR) is 98.8 cm³/mol. The van der Waals surface area contributed by atoms with Crippen molar-refractivity contribution in [3.8, 4) is 0 Å². The molecule has 26 heavy (non-hydrogen) atoms. The van der Waals surface area contributed by atoms with Crippen LogP contribution in [0.5, 0.6) is 0 Å². The maximum absolute atomic E-state index is 13.0. The highest BCUT2D eigenvalue weighted by atomic mass is 32.2. The number of carbonyl (C=O) groups is 1. The molecule has 1 saturated heterocycles. The van der Waals surface area contributed by atoms with Gasteiger partial charge in [-0.25, -0.2) is 12.8 Å². The van der Waals surface area contributed by atoms with Crippen molar-refractivity contribution in [2.75, 3.05) is 45.8 Å². The number of piperazine rings is 1. The van der Waals surface area contributed by atoms with E-state index < -0.39 is 15.8 Å². The van der Waals surface area contributed by atoms with E-state index in [2.05, 4.69) is 18.7 Å². The van der Waals surface area contributed by atoms with Crippen LogP contribution in [0.25, 0.3) is 0 Å². The maximum Gasteiger partial charge on any atom is 0.243 e. The van der Waals surface area contributed by atoms with Crippen molar-refractivity contribution < 1.29 is 17.6 Å². The smallest absolute Gasteiger partial charge is 0.243 e. The molecule has 1 amide bonds. The Morgan fingerprint density at radius 3 is 2.08 bits per heavy atom. The monoisotopic (exact) mass is 385 g/mol. The van der Waals surface area contributed by atoms with E-state index in [0.29, 0.717) is 19.6 Å². The van der Waals surface area contributed by atoms with Gasteiger partial charge < -0.3 is 4.90 Å². The third kappa shape index (κ3) is 5.25. The highest BCUT2D eigenvalue weighted by Gasteiger charge is 2.30. The van der Waals surface area contributed by atoms with Crippen LogP contribution in [0.4, 0.5) is 4.39 Å². The van der Waals surface area contributed by atoms with Gasteiger partial charge in [-0.05, 0) is 50.2 Å². The first-order valence-corrected chi connectivity index (χ1v) is 10.6. The summed E-state index contributed by atoms with van der Waals surface area (Å²) in [6.07, 6.45) is 1.99. The first-order valence-electron chi connectivity index (χ1n) is 9.14. The Labute approximate surface area is 155 Å². The van der Waals surface area contributed by atoms with E-state index >= 15 is 0 Å². The normalized spacial score (nSPS) is 16.2. The van der Waals surface area contributed by atoms with Gasteiger partial charge in [-0.1, -0.05) is 13.8 Å². The molecular weight excluding hydrogens is 357 g/mol. The summed E-state index contributed by atoms with van der Waals surface area (Å²) in [4.78, 5) is 16.4. The molecule has 8 heteroatoms. The number of benzene rings is 1. The minimum atomic E-state index is -3.65. The van der Waals surface area contributed by atoms with E-state index in [9.17, 15) is 17.6 Å². The summed E-state index contributed by atoms with van der Waals surface area (Å²) >= 11 is 0. The van der Waals surface area contributed by atoms with E-state index in [1.807, 2.05) is 0 Å². The zero-order valence-corrected chi connectivity index (χ0v) is 16.3. The molecule has 1 aromatic rings. The Bertz CT molecular complexity index is 680. The van der Waals surface area contributed by atoms with Crippen molar-refractivity contribution in [3.05, 3.63) is 30.1 Å². The van der Waals surface area contributed by atoms with Gasteiger partial charge in [-0.15, -0.1) is 0 Å². The Morgan fingerprint density at radius 2 is 1.58 bits per heavy atom.